The summed E-state index contributed by atoms with van der Waals surface area (Å²) in [6.45, 7) is 2.36. The monoisotopic (exact) mass is 336 g/mol. The van der Waals surface area contributed by atoms with Gasteiger partial charge >= 0.3 is 0 Å². The van der Waals surface area contributed by atoms with Crippen molar-refractivity contribution in [2.45, 2.75) is 25.8 Å². The van der Waals surface area contributed by atoms with Crippen LogP contribution in [-0.4, -0.2) is 18.5 Å². The van der Waals surface area contributed by atoms with Crippen LogP contribution in [0, 0.1) is 12.7 Å². The Hall–Kier alpha value is -1.91. The number of amides is 1. The zero-order valence-corrected chi connectivity index (χ0v) is 13.9. The second-order valence-electron chi connectivity index (χ2n) is 5.41. The van der Waals surface area contributed by atoms with E-state index < -0.39 is 6.04 Å². The Kier molecular flexibility index (Phi) is 7.72. The van der Waals surface area contributed by atoms with E-state index in [4.69, 9.17) is 5.73 Å². The SMILES string of the molecule is Cc1cc(F)ccc1CCNC(=O)[C@@H](N)Cc1ccccc1.Cl. The smallest absolute Gasteiger partial charge is 0.237 e. The van der Waals surface area contributed by atoms with Crippen LogP contribution in [0.3, 0.4) is 0 Å². The van der Waals surface area contributed by atoms with Gasteiger partial charge in [0.1, 0.15) is 5.82 Å². The third-order valence-electron chi connectivity index (χ3n) is 3.63. The van der Waals surface area contributed by atoms with Crippen molar-refractivity contribution in [3.05, 3.63) is 71.0 Å². The third kappa shape index (κ3) is 6.00. The van der Waals surface area contributed by atoms with E-state index in [-0.39, 0.29) is 24.1 Å². The lowest BCUT2D eigenvalue weighted by Crippen LogP contribution is -2.42. The molecular weight excluding hydrogens is 315 g/mol. The minimum Gasteiger partial charge on any atom is -0.354 e. The van der Waals surface area contributed by atoms with Crippen LogP contribution in [-0.2, 0) is 17.6 Å². The standard InChI is InChI=1S/C18H21FN2O.ClH/c1-13-11-16(19)8-7-15(13)9-10-21-18(22)17(20)12-14-5-3-2-4-6-14;/h2-8,11,17H,9-10,12,20H2,1H3,(H,21,22);1H/t17-;/m0./s1. The number of halogens is 2. The minimum atomic E-state index is -0.559. The Balaban J connectivity index is 0.00000264. The lowest BCUT2D eigenvalue weighted by Gasteiger charge is -2.13. The molecule has 0 bridgehead atoms. The molecule has 0 saturated heterocycles. The summed E-state index contributed by atoms with van der Waals surface area (Å²) in [7, 11) is 0. The molecule has 1 amide bonds. The van der Waals surface area contributed by atoms with Crippen LogP contribution in [0.5, 0.6) is 0 Å². The summed E-state index contributed by atoms with van der Waals surface area (Å²) < 4.78 is 13.0. The fourth-order valence-electron chi connectivity index (χ4n) is 2.35. The quantitative estimate of drug-likeness (QED) is 0.852. The summed E-state index contributed by atoms with van der Waals surface area (Å²) >= 11 is 0. The molecule has 2 aromatic rings. The maximum Gasteiger partial charge on any atom is 0.237 e. The molecule has 0 unspecified atom stereocenters. The minimum absolute atomic E-state index is 0. The second kappa shape index (κ2) is 9.28. The molecule has 0 aliphatic carbocycles. The van der Waals surface area contributed by atoms with Gasteiger partial charge in [0, 0.05) is 6.54 Å². The van der Waals surface area contributed by atoms with E-state index in [0.29, 0.717) is 19.4 Å². The molecule has 0 radical (unpaired) electrons. The summed E-state index contributed by atoms with van der Waals surface area (Å²) in [5, 5.41) is 2.84. The number of aryl methyl sites for hydroxylation is 1. The van der Waals surface area contributed by atoms with Gasteiger partial charge in [0.15, 0.2) is 0 Å². The van der Waals surface area contributed by atoms with Crippen LogP contribution in [0.1, 0.15) is 16.7 Å². The van der Waals surface area contributed by atoms with Crippen molar-refractivity contribution < 1.29 is 9.18 Å². The molecule has 0 spiro atoms. The van der Waals surface area contributed by atoms with Crippen LogP contribution >= 0.6 is 12.4 Å². The van der Waals surface area contributed by atoms with Gasteiger partial charge in [0.05, 0.1) is 6.04 Å². The largest absolute Gasteiger partial charge is 0.354 e. The fourth-order valence-corrected chi connectivity index (χ4v) is 2.35. The third-order valence-corrected chi connectivity index (χ3v) is 3.63. The molecule has 23 heavy (non-hydrogen) atoms. The van der Waals surface area contributed by atoms with E-state index in [2.05, 4.69) is 5.32 Å². The van der Waals surface area contributed by atoms with Gasteiger partial charge in [-0.25, -0.2) is 4.39 Å². The molecule has 0 aromatic heterocycles. The van der Waals surface area contributed by atoms with Gasteiger partial charge in [-0.2, -0.15) is 0 Å². The average Bonchev–Trinajstić information content (AvgIpc) is 2.50. The van der Waals surface area contributed by atoms with E-state index in [1.807, 2.05) is 37.3 Å². The zero-order chi connectivity index (χ0) is 15.9. The Morgan fingerprint density at radius 3 is 2.57 bits per heavy atom. The maximum atomic E-state index is 13.0. The number of hydrogen-bond acceptors (Lipinski definition) is 2. The van der Waals surface area contributed by atoms with E-state index in [1.165, 1.54) is 12.1 Å². The number of benzene rings is 2. The van der Waals surface area contributed by atoms with Crippen molar-refractivity contribution in [2.24, 2.45) is 5.73 Å². The first-order chi connectivity index (χ1) is 10.6. The second-order valence-corrected chi connectivity index (χ2v) is 5.41. The van der Waals surface area contributed by atoms with Gasteiger partial charge in [-0.3, -0.25) is 4.79 Å². The summed E-state index contributed by atoms with van der Waals surface area (Å²) in [4.78, 5) is 12.0. The number of rotatable bonds is 6. The predicted octanol–water partition coefficient (Wildman–Crippen LogP) is 2.78. The molecule has 3 N–H and O–H groups in total. The van der Waals surface area contributed by atoms with Crippen LogP contribution in [0.4, 0.5) is 4.39 Å². The number of hydrogen-bond donors (Lipinski definition) is 2. The highest BCUT2D eigenvalue weighted by molar-refractivity contribution is 5.85. The molecule has 2 aromatic carbocycles. The summed E-state index contributed by atoms with van der Waals surface area (Å²) in [5.74, 6) is -0.404. The molecular formula is C18H22ClFN2O. The molecule has 0 heterocycles. The predicted molar refractivity (Wildman–Crippen MR) is 93.2 cm³/mol. The Bertz CT molecular complexity index is 634. The average molecular weight is 337 g/mol. The van der Waals surface area contributed by atoms with Crippen LogP contribution in [0.25, 0.3) is 0 Å². The highest BCUT2D eigenvalue weighted by Crippen LogP contribution is 2.10. The highest BCUT2D eigenvalue weighted by atomic mass is 35.5. The number of carbonyl (C=O) groups is 1. The van der Waals surface area contributed by atoms with Crippen molar-refractivity contribution in [1.82, 2.24) is 5.32 Å². The van der Waals surface area contributed by atoms with Crippen molar-refractivity contribution in [1.29, 1.82) is 0 Å². The molecule has 5 heteroatoms. The zero-order valence-electron chi connectivity index (χ0n) is 13.1. The highest BCUT2D eigenvalue weighted by Gasteiger charge is 2.13. The van der Waals surface area contributed by atoms with Gasteiger partial charge in [0.2, 0.25) is 5.91 Å². The molecule has 0 aliphatic heterocycles. The number of nitrogens with two attached hydrogens (primary N) is 1. The maximum absolute atomic E-state index is 13.0. The topological polar surface area (TPSA) is 55.1 Å². The van der Waals surface area contributed by atoms with Crippen molar-refractivity contribution in [2.75, 3.05) is 6.54 Å². The summed E-state index contributed by atoms with van der Waals surface area (Å²) in [6, 6.07) is 13.8. The molecule has 0 saturated carbocycles. The van der Waals surface area contributed by atoms with Gasteiger partial charge < -0.3 is 11.1 Å². The lowest BCUT2D eigenvalue weighted by molar-refractivity contribution is -0.122. The van der Waals surface area contributed by atoms with Crippen LogP contribution < -0.4 is 11.1 Å². The van der Waals surface area contributed by atoms with E-state index in [0.717, 1.165) is 16.7 Å². The molecule has 0 aliphatic rings. The van der Waals surface area contributed by atoms with E-state index >= 15 is 0 Å². The summed E-state index contributed by atoms with van der Waals surface area (Å²) in [5.41, 5.74) is 8.88. The first-order valence-corrected chi connectivity index (χ1v) is 7.38. The molecule has 0 fully saturated rings. The van der Waals surface area contributed by atoms with Gasteiger partial charge in [0.25, 0.3) is 0 Å². The van der Waals surface area contributed by atoms with Crippen molar-refractivity contribution in [3.63, 3.8) is 0 Å². The molecule has 1 atom stereocenters. The van der Waals surface area contributed by atoms with Gasteiger partial charge in [-0.15, -0.1) is 12.4 Å². The number of carbonyl (C=O) groups excluding carboxylic acids is 1. The molecule has 3 nitrogen and oxygen atoms in total. The summed E-state index contributed by atoms with van der Waals surface area (Å²) in [6.07, 6.45) is 1.18. The lowest BCUT2D eigenvalue weighted by atomic mass is 10.0. The van der Waals surface area contributed by atoms with Crippen LogP contribution in [0.2, 0.25) is 0 Å². The molecule has 2 rings (SSSR count). The first kappa shape index (κ1) is 19.1. The number of nitrogens with one attached hydrogen (secondary N) is 1. The van der Waals surface area contributed by atoms with Crippen LogP contribution in [0.15, 0.2) is 48.5 Å². The Labute approximate surface area is 142 Å². The van der Waals surface area contributed by atoms with Gasteiger partial charge in [-0.05, 0) is 48.6 Å². The van der Waals surface area contributed by atoms with Gasteiger partial charge in [-0.1, -0.05) is 36.4 Å². The fraction of sp³-hybridized carbons (Fsp3) is 0.278. The normalized spacial score (nSPS) is 11.4. The van der Waals surface area contributed by atoms with Crippen molar-refractivity contribution in [3.8, 4) is 0 Å². The Morgan fingerprint density at radius 1 is 1.22 bits per heavy atom. The van der Waals surface area contributed by atoms with Crippen molar-refractivity contribution >= 4 is 18.3 Å². The molecule has 124 valence electrons. The first-order valence-electron chi connectivity index (χ1n) is 7.38. The van der Waals surface area contributed by atoms with E-state index in [9.17, 15) is 9.18 Å². The Morgan fingerprint density at radius 2 is 1.91 bits per heavy atom. The van der Waals surface area contributed by atoms with E-state index in [1.54, 1.807) is 6.07 Å².